The van der Waals surface area contributed by atoms with Gasteiger partial charge in [0.05, 0.1) is 7.11 Å². The number of aromatic nitrogens is 1. The van der Waals surface area contributed by atoms with Crippen LogP contribution in [0.3, 0.4) is 0 Å². The lowest BCUT2D eigenvalue weighted by molar-refractivity contribution is 0.0593. The number of nitrogens with zero attached hydrogens (tertiary/aromatic N) is 2. The third-order valence-electron chi connectivity index (χ3n) is 3.78. The molecule has 0 saturated carbocycles. The summed E-state index contributed by atoms with van der Waals surface area (Å²) in [5.41, 5.74) is 2.85. The lowest BCUT2D eigenvalue weighted by atomic mass is 10.00. The predicted octanol–water partition coefficient (Wildman–Crippen LogP) is 2.07. The quantitative estimate of drug-likeness (QED) is 0.796. The van der Waals surface area contributed by atoms with Crippen LogP contribution in [-0.4, -0.2) is 35.4 Å². The molecule has 0 aliphatic carbocycles. The number of rotatable bonds is 2. The first-order chi connectivity index (χ1) is 10.7. The van der Waals surface area contributed by atoms with Gasteiger partial charge in [0.2, 0.25) is 0 Å². The first-order valence-electron chi connectivity index (χ1n) is 7.10. The first kappa shape index (κ1) is 14.3. The van der Waals surface area contributed by atoms with Crippen LogP contribution in [0.4, 0.5) is 0 Å². The number of methoxy groups -OCH3 is 1. The number of esters is 1. The minimum absolute atomic E-state index is 0.144. The third-order valence-corrected chi connectivity index (χ3v) is 3.78. The van der Waals surface area contributed by atoms with Crippen molar-refractivity contribution in [2.24, 2.45) is 0 Å². The van der Waals surface area contributed by atoms with Gasteiger partial charge in [-0.2, -0.15) is 0 Å². The normalized spacial score (nSPS) is 13.4. The minimum atomic E-state index is -0.543. The summed E-state index contributed by atoms with van der Waals surface area (Å²) in [5, 5.41) is 0. The van der Waals surface area contributed by atoms with Crippen LogP contribution in [-0.2, 0) is 17.7 Å². The molecule has 0 bridgehead atoms. The Kier molecular flexibility index (Phi) is 3.87. The zero-order valence-electron chi connectivity index (χ0n) is 12.3. The summed E-state index contributed by atoms with van der Waals surface area (Å²) in [7, 11) is 1.29. The standard InChI is InChI=1S/C17H16N2O3/c1-22-17(21)15-8-4-7-14(18-15)16(20)19-10-9-12-5-2-3-6-13(12)11-19/h2-8H,9-11H2,1H3. The van der Waals surface area contributed by atoms with Crippen LogP contribution in [0.5, 0.6) is 0 Å². The van der Waals surface area contributed by atoms with Crippen molar-refractivity contribution in [3.63, 3.8) is 0 Å². The number of carbonyl (C=O) groups excluding carboxylic acids is 2. The Hall–Kier alpha value is -2.69. The number of pyridine rings is 1. The van der Waals surface area contributed by atoms with Gasteiger partial charge in [-0.1, -0.05) is 30.3 Å². The van der Waals surface area contributed by atoms with E-state index in [0.29, 0.717) is 13.1 Å². The number of hydrogen-bond donors (Lipinski definition) is 0. The highest BCUT2D eigenvalue weighted by atomic mass is 16.5. The molecule has 0 atom stereocenters. The van der Waals surface area contributed by atoms with E-state index in [4.69, 9.17) is 0 Å². The molecule has 3 rings (SSSR count). The monoisotopic (exact) mass is 296 g/mol. The second-order valence-electron chi connectivity index (χ2n) is 5.15. The molecule has 1 amide bonds. The molecule has 0 spiro atoms. The molecule has 0 unspecified atom stereocenters. The molecule has 2 heterocycles. The Morgan fingerprint density at radius 1 is 1.05 bits per heavy atom. The summed E-state index contributed by atoms with van der Waals surface area (Å²) >= 11 is 0. The molecule has 22 heavy (non-hydrogen) atoms. The molecule has 0 N–H and O–H groups in total. The highest BCUT2D eigenvalue weighted by Gasteiger charge is 2.23. The number of hydrogen-bond acceptors (Lipinski definition) is 4. The van der Waals surface area contributed by atoms with E-state index in [2.05, 4.69) is 15.8 Å². The van der Waals surface area contributed by atoms with Gasteiger partial charge in [0.1, 0.15) is 11.4 Å². The summed E-state index contributed by atoms with van der Waals surface area (Å²) in [5.74, 6) is -0.709. The summed E-state index contributed by atoms with van der Waals surface area (Å²) in [6, 6.07) is 12.9. The number of amides is 1. The fraction of sp³-hybridized carbons (Fsp3) is 0.235. The van der Waals surface area contributed by atoms with E-state index < -0.39 is 5.97 Å². The average molecular weight is 296 g/mol. The Morgan fingerprint density at radius 2 is 1.77 bits per heavy atom. The molecule has 5 heteroatoms. The fourth-order valence-electron chi connectivity index (χ4n) is 2.60. The molecule has 1 aromatic carbocycles. The van der Waals surface area contributed by atoms with E-state index in [1.807, 2.05) is 18.2 Å². The van der Waals surface area contributed by atoms with Gasteiger partial charge in [-0.05, 0) is 29.7 Å². The lowest BCUT2D eigenvalue weighted by Crippen LogP contribution is -2.36. The molecule has 0 fully saturated rings. The van der Waals surface area contributed by atoms with E-state index in [1.54, 1.807) is 17.0 Å². The molecule has 0 saturated heterocycles. The van der Waals surface area contributed by atoms with Gasteiger partial charge in [-0.3, -0.25) is 4.79 Å². The van der Waals surface area contributed by atoms with Crippen molar-refractivity contribution in [3.8, 4) is 0 Å². The average Bonchev–Trinajstić information content (AvgIpc) is 2.60. The maximum absolute atomic E-state index is 12.6. The Morgan fingerprint density at radius 3 is 2.55 bits per heavy atom. The summed E-state index contributed by atoms with van der Waals surface area (Å²) in [6.45, 7) is 1.22. The van der Waals surface area contributed by atoms with Crippen molar-refractivity contribution in [1.29, 1.82) is 0 Å². The lowest BCUT2D eigenvalue weighted by Gasteiger charge is -2.28. The van der Waals surface area contributed by atoms with Gasteiger partial charge in [0.25, 0.3) is 5.91 Å². The van der Waals surface area contributed by atoms with E-state index in [0.717, 1.165) is 12.0 Å². The van der Waals surface area contributed by atoms with Crippen LogP contribution in [0.15, 0.2) is 42.5 Å². The van der Waals surface area contributed by atoms with E-state index in [9.17, 15) is 9.59 Å². The molecule has 2 aromatic rings. The zero-order chi connectivity index (χ0) is 15.5. The van der Waals surface area contributed by atoms with Gasteiger partial charge in [0.15, 0.2) is 0 Å². The van der Waals surface area contributed by atoms with Crippen molar-refractivity contribution >= 4 is 11.9 Å². The highest BCUT2D eigenvalue weighted by Crippen LogP contribution is 2.20. The number of carbonyl (C=O) groups is 2. The van der Waals surface area contributed by atoms with E-state index in [1.165, 1.54) is 18.7 Å². The topological polar surface area (TPSA) is 59.5 Å². The second-order valence-corrected chi connectivity index (χ2v) is 5.15. The van der Waals surface area contributed by atoms with Crippen molar-refractivity contribution in [2.45, 2.75) is 13.0 Å². The van der Waals surface area contributed by atoms with E-state index >= 15 is 0 Å². The second kappa shape index (κ2) is 5.97. The Bertz CT molecular complexity index is 727. The number of benzene rings is 1. The summed E-state index contributed by atoms with van der Waals surface area (Å²) in [4.78, 5) is 30.0. The predicted molar refractivity (Wildman–Crippen MR) is 80.5 cm³/mol. The molecule has 1 aliphatic heterocycles. The number of ether oxygens (including phenoxy) is 1. The van der Waals surface area contributed by atoms with Crippen molar-refractivity contribution in [3.05, 3.63) is 65.0 Å². The minimum Gasteiger partial charge on any atom is -0.464 e. The molecule has 112 valence electrons. The van der Waals surface area contributed by atoms with Gasteiger partial charge < -0.3 is 9.64 Å². The summed E-state index contributed by atoms with van der Waals surface area (Å²) in [6.07, 6.45) is 0.832. The van der Waals surface area contributed by atoms with Gasteiger partial charge in [-0.25, -0.2) is 9.78 Å². The smallest absolute Gasteiger partial charge is 0.356 e. The molecule has 1 aliphatic rings. The molecule has 1 aromatic heterocycles. The van der Waals surface area contributed by atoms with Crippen LogP contribution in [0.25, 0.3) is 0 Å². The number of fused-ring (bicyclic) bond motifs is 1. The van der Waals surface area contributed by atoms with Gasteiger partial charge in [-0.15, -0.1) is 0 Å². The van der Waals surface area contributed by atoms with Crippen LogP contribution in [0.1, 0.15) is 32.1 Å². The third kappa shape index (κ3) is 2.70. The van der Waals surface area contributed by atoms with Crippen LogP contribution in [0, 0.1) is 0 Å². The molecule has 5 nitrogen and oxygen atoms in total. The molecular weight excluding hydrogens is 280 g/mol. The van der Waals surface area contributed by atoms with E-state index in [-0.39, 0.29) is 17.3 Å². The fourth-order valence-corrected chi connectivity index (χ4v) is 2.60. The van der Waals surface area contributed by atoms with Crippen LogP contribution in [0.2, 0.25) is 0 Å². The first-order valence-corrected chi connectivity index (χ1v) is 7.10. The van der Waals surface area contributed by atoms with Gasteiger partial charge in [0, 0.05) is 13.1 Å². The molecular formula is C17H16N2O3. The van der Waals surface area contributed by atoms with Crippen LogP contribution >= 0.6 is 0 Å². The SMILES string of the molecule is COC(=O)c1cccc(C(=O)N2CCc3ccccc3C2)n1. The van der Waals surface area contributed by atoms with Crippen molar-refractivity contribution in [2.75, 3.05) is 13.7 Å². The Balaban J connectivity index is 1.82. The van der Waals surface area contributed by atoms with Crippen molar-refractivity contribution in [1.82, 2.24) is 9.88 Å². The van der Waals surface area contributed by atoms with Crippen LogP contribution < -0.4 is 0 Å². The maximum Gasteiger partial charge on any atom is 0.356 e. The Labute approximate surface area is 128 Å². The largest absolute Gasteiger partial charge is 0.464 e. The van der Waals surface area contributed by atoms with Crippen molar-refractivity contribution < 1.29 is 14.3 Å². The maximum atomic E-state index is 12.6. The highest BCUT2D eigenvalue weighted by molar-refractivity contribution is 5.94. The summed E-state index contributed by atoms with van der Waals surface area (Å²) < 4.78 is 4.64. The van der Waals surface area contributed by atoms with Gasteiger partial charge >= 0.3 is 5.97 Å². The zero-order valence-corrected chi connectivity index (χ0v) is 12.3. The molecule has 0 radical (unpaired) electrons.